The maximum atomic E-state index is 12.7. The quantitative estimate of drug-likeness (QED) is 0.411. The highest BCUT2D eigenvalue weighted by molar-refractivity contribution is 5.97. The predicted octanol–water partition coefficient (Wildman–Crippen LogP) is 5.99. The Hall–Kier alpha value is -1.97. The summed E-state index contributed by atoms with van der Waals surface area (Å²) < 4.78 is 5.45. The Morgan fingerprint density at radius 3 is 2.63 bits per heavy atom. The fourth-order valence-corrected chi connectivity index (χ4v) is 3.82. The molecule has 0 spiro atoms. The lowest BCUT2D eigenvalue weighted by atomic mass is 9.85. The minimum Gasteiger partial charge on any atom is -0.507 e. The molecule has 1 atom stereocenters. The first-order valence-electron chi connectivity index (χ1n) is 10.5. The summed E-state index contributed by atoms with van der Waals surface area (Å²) in [4.78, 5) is 12.7. The average Bonchev–Trinajstić information content (AvgIpc) is 2.61. The van der Waals surface area contributed by atoms with Crippen molar-refractivity contribution >= 4 is 11.5 Å². The first-order chi connectivity index (χ1) is 13.0. The Kier molecular flexibility index (Phi) is 8.21. The van der Waals surface area contributed by atoms with Crippen molar-refractivity contribution in [2.45, 2.75) is 78.6 Å². The van der Waals surface area contributed by atoms with E-state index in [4.69, 9.17) is 4.74 Å². The standard InChI is InChI=1S/C23H34O4/c1-4-6-7-8-13-27-23(26)21-17(10-5-2)15-19(24)20(22(21)25)18-12-9-11-16(3)14-18/h14-16,24-25H,4-13H2,1-3H3. The van der Waals surface area contributed by atoms with E-state index in [9.17, 15) is 15.0 Å². The number of carbonyl (C=O) groups excluding carboxylic acids is 1. The Labute approximate surface area is 163 Å². The first kappa shape index (κ1) is 21.3. The van der Waals surface area contributed by atoms with Crippen LogP contribution >= 0.6 is 0 Å². The van der Waals surface area contributed by atoms with Crippen molar-refractivity contribution in [3.05, 3.63) is 28.8 Å². The maximum absolute atomic E-state index is 12.7. The number of rotatable bonds is 9. The minimum absolute atomic E-state index is 0.0517. The number of ether oxygens (including phenoxy) is 1. The lowest BCUT2D eigenvalue weighted by Gasteiger charge is -2.22. The molecule has 1 aliphatic carbocycles. The van der Waals surface area contributed by atoms with Crippen LogP contribution in [0.3, 0.4) is 0 Å². The number of benzene rings is 1. The van der Waals surface area contributed by atoms with Crippen LogP contribution in [0.15, 0.2) is 12.1 Å². The van der Waals surface area contributed by atoms with Crippen LogP contribution in [-0.4, -0.2) is 22.8 Å². The van der Waals surface area contributed by atoms with Gasteiger partial charge in [-0.2, -0.15) is 0 Å². The van der Waals surface area contributed by atoms with Gasteiger partial charge in [-0.25, -0.2) is 4.79 Å². The van der Waals surface area contributed by atoms with Crippen molar-refractivity contribution in [3.8, 4) is 11.5 Å². The smallest absolute Gasteiger partial charge is 0.342 e. The molecule has 0 heterocycles. The molecular weight excluding hydrogens is 340 g/mol. The van der Waals surface area contributed by atoms with Crippen molar-refractivity contribution in [1.82, 2.24) is 0 Å². The Morgan fingerprint density at radius 2 is 1.96 bits per heavy atom. The predicted molar refractivity (Wildman–Crippen MR) is 109 cm³/mol. The number of hydrogen-bond donors (Lipinski definition) is 2. The number of hydrogen-bond acceptors (Lipinski definition) is 4. The molecule has 2 rings (SSSR count). The van der Waals surface area contributed by atoms with Crippen LogP contribution in [0.1, 0.15) is 93.6 Å². The number of aryl methyl sites for hydroxylation is 1. The van der Waals surface area contributed by atoms with Crippen LogP contribution in [0.5, 0.6) is 11.5 Å². The summed E-state index contributed by atoms with van der Waals surface area (Å²) in [5.74, 6) is -0.164. The summed E-state index contributed by atoms with van der Waals surface area (Å²) in [6.07, 6.45) is 10.5. The van der Waals surface area contributed by atoms with Crippen LogP contribution in [0.4, 0.5) is 0 Å². The zero-order chi connectivity index (χ0) is 19.8. The van der Waals surface area contributed by atoms with E-state index in [1.807, 2.05) is 6.92 Å². The van der Waals surface area contributed by atoms with Gasteiger partial charge in [-0.05, 0) is 55.2 Å². The summed E-state index contributed by atoms with van der Waals surface area (Å²) in [5, 5.41) is 21.5. The van der Waals surface area contributed by atoms with E-state index in [2.05, 4.69) is 19.9 Å². The summed E-state index contributed by atoms with van der Waals surface area (Å²) >= 11 is 0. The molecule has 1 aromatic rings. The van der Waals surface area contributed by atoms with Gasteiger partial charge in [-0.15, -0.1) is 0 Å². The van der Waals surface area contributed by atoms with Crippen LogP contribution in [-0.2, 0) is 11.2 Å². The zero-order valence-corrected chi connectivity index (χ0v) is 17.0. The Morgan fingerprint density at radius 1 is 1.19 bits per heavy atom. The number of allylic oxidation sites excluding steroid dienone is 2. The number of unbranched alkanes of at least 4 members (excludes halogenated alkanes) is 3. The lowest BCUT2D eigenvalue weighted by Crippen LogP contribution is -2.12. The third kappa shape index (κ3) is 5.50. The van der Waals surface area contributed by atoms with Gasteiger partial charge in [0.05, 0.1) is 12.2 Å². The van der Waals surface area contributed by atoms with Gasteiger partial charge < -0.3 is 14.9 Å². The topological polar surface area (TPSA) is 66.8 Å². The second-order valence-electron chi connectivity index (χ2n) is 7.66. The van der Waals surface area contributed by atoms with E-state index in [-0.39, 0.29) is 17.1 Å². The van der Waals surface area contributed by atoms with Crippen LogP contribution < -0.4 is 0 Å². The molecule has 4 nitrogen and oxygen atoms in total. The molecule has 150 valence electrons. The normalized spacial score (nSPS) is 16.9. The molecule has 0 aromatic heterocycles. The lowest BCUT2D eigenvalue weighted by molar-refractivity contribution is 0.0493. The fourth-order valence-electron chi connectivity index (χ4n) is 3.82. The van der Waals surface area contributed by atoms with Gasteiger partial charge in [0, 0.05) is 0 Å². The highest BCUT2D eigenvalue weighted by Gasteiger charge is 2.26. The third-order valence-electron chi connectivity index (χ3n) is 5.23. The number of carbonyl (C=O) groups is 1. The Bertz CT molecular complexity index is 675. The Balaban J connectivity index is 2.33. The van der Waals surface area contributed by atoms with Crippen molar-refractivity contribution in [2.75, 3.05) is 6.61 Å². The average molecular weight is 375 g/mol. The van der Waals surface area contributed by atoms with Gasteiger partial charge in [0.25, 0.3) is 0 Å². The number of phenolic OH excluding ortho intramolecular Hbond substituents is 2. The van der Waals surface area contributed by atoms with Crippen molar-refractivity contribution in [2.24, 2.45) is 5.92 Å². The second-order valence-corrected chi connectivity index (χ2v) is 7.66. The van der Waals surface area contributed by atoms with Crippen molar-refractivity contribution < 1.29 is 19.7 Å². The molecular formula is C23H34O4. The molecule has 4 heteroatoms. The second kappa shape index (κ2) is 10.4. The van der Waals surface area contributed by atoms with Gasteiger partial charge >= 0.3 is 5.97 Å². The molecule has 27 heavy (non-hydrogen) atoms. The molecule has 0 saturated heterocycles. The summed E-state index contributed by atoms with van der Waals surface area (Å²) in [6, 6.07) is 1.63. The van der Waals surface area contributed by atoms with Gasteiger partial charge in [0.1, 0.15) is 17.1 Å². The highest BCUT2D eigenvalue weighted by Crippen LogP contribution is 2.43. The largest absolute Gasteiger partial charge is 0.507 e. The van der Waals surface area contributed by atoms with E-state index < -0.39 is 5.97 Å². The van der Waals surface area contributed by atoms with Gasteiger partial charge in [-0.1, -0.05) is 52.5 Å². The summed E-state index contributed by atoms with van der Waals surface area (Å²) in [5.41, 5.74) is 2.20. The number of aromatic hydroxyl groups is 2. The number of phenols is 2. The van der Waals surface area contributed by atoms with Crippen molar-refractivity contribution in [1.29, 1.82) is 0 Å². The van der Waals surface area contributed by atoms with Crippen LogP contribution in [0, 0.1) is 5.92 Å². The molecule has 0 radical (unpaired) electrons. The van der Waals surface area contributed by atoms with Crippen molar-refractivity contribution in [3.63, 3.8) is 0 Å². The minimum atomic E-state index is -0.488. The molecule has 0 saturated carbocycles. The molecule has 0 fully saturated rings. The molecule has 0 bridgehead atoms. The van der Waals surface area contributed by atoms with E-state index in [0.717, 1.165) is 56.9 Å². The summed E-state index contributed by atoms with van der Waals surface area (Å²) in [6.45, 7) is 6.64. The van der Waals surface area contributed by atoms with Gasteiger partial charge in [0.2, 0.25) is 0 Å². The van der Waals surface area contributed by atoms with Gasteiger partial charge in [0.15, 0.2) is 0 Å². The monoisotopic (exact) mass is 374 g/mol. The molecule has 1 unspecified atom stereocenters. The molecule has 1 aromatic carbocycles. The zero-order valence-electron chi connectivity index (χ0n) is 17.0. The number of esters is 1. The molecule has 0 aliphatic heterocycles. The highest BCUT2D eigenvalue weighted by atomic mass is 16.5. The van der Waals surface area contributed by atoms with Crippen LogP contribution in [0.25, 0.3) is 5.57 Å². The molecule has 0 amide bonds. The third-order valence-corrected chi connectivity index (χ3v) is 5.23. The molecule has 1 aliphatic rings. The van der Waals surface area contributed by atoms with E-state index in [1.54, 1.807) is 6.07 Å². The first-order valence-corrected chi connectivity index (χ1v) is 10.5. The van der Waals surface area contributed by atoms with Gasteiger partial charge in [-0.3, -0.25) is 0 Å². The fraction of sp³-hybridized carbons (Fsp3) is 0.609. The van der Waals surface area contributed by atoms with E-state index >= 15 is 0 Å². The maximum Gasteiger partial charge on any atom is 0.342 e. The van der Waals surface area contributed by atoms with E-state index in [0.29, 0.717) is 30.1 Å². The molecule has 2 N–H and O–H groups in total. The SMILES string of the molecule is CCCCCCOC(=O)c1c(CCC)cc(O)c(C2=CC(C)CCC2)c1O. The van der Waals surface area contributed by atoms with Crippen LogP contribution in [0.2, 0.25) is 0 Å². The summed E-state index contributed by atoms with van der Waals surface area (Å²) in [7, 11) is 0. The van der Waals surface area contributed by atoms with E-state index in [1.165, 1.54) is 0 Å².